The van der Waals surface area contributed by atoms with Crippen LogP contribution < -0.4 is 0 Å². The maximum absolute atomic E-state index is 11.1. The number of ether oxygens (including phenoxy) is 1. The summed E-state index contributed by atoms with van der Waals surface area (Å²) in [6.45, 7) is 3.06. The van der Waals surface area contributed by atoms with E-state index in [9.17, 15) is 4.79 Å². The number of hydrogen-bond acceptors (Lipinski definition) is 5. The van der Waals surface area contributed by atoms with E-state index < -0.39 is 8.80 Å². The summed E-state index contributed by atoms with van der Waals surface area (Å²) in [6, 6.07) is 0. The van der Waals surface area contributed by atoms with Crippen LogP contribution in [-0.2, 0) is 18.0 Å². The number of rotatable bonds is 8. The molecule has 0 spiro atoms. The first kappa shape index (κ1) is 16.4. The molecule has 0 unspecified atom stereocenters. The average molecular weight is 265 g/mol. The van der Waals surface area contributed by atoms with E-state index in [2.05, 4.69) is 4.74 Å². The third-order valence-corrected chi connectivity index (χ3v) is 4.69. The van der Waals surface area contributed by atoms with Crippen LogP contribution in [-0.4, -0.2) is 61.3 Å². The zero-order valence-electron chi connectivity index (χ0n) is 11.3. The molecule has 0 bridgehead atoms. The molecule has 0 aliphatic carbocycles. The largest absolute Gasteiger partial charge is 0.497 e. The van der Waals surface area contributed by atoms with Gasteiger partial charge in [0, 0.05) is 41.0 Å². The molecule has 7 heteroatoms. The maximum atomic E-state index is 11.1. The summed E-state index contributed by atoms with van der Waals surface area (Å²) < 4.78 is 20.5. The molecular weight excluding hydrogens is 242 g/mol. The van der Waals surface area contributed by atoms with E-state index in [1.54, 1.807) is 21.3 Å². The second-order valence-electron chi connectivity index (χ2n) is 3.72. The van der Waals surface area contributed by atoms with Crippen LogP contribution in [0.5, 0.6) is 0 Å². The van der Waals surface area contributed by atoms with Crippen molar-refractivity contribution in [2.24, 2.45) is 0 Å². The van der Waals surface area contributed by atoms with E-state index >= 15 is 0 Å². The third kappa shape index (κ3) is 6.62. The van der Waals surface area contributed by atoms with Gasteiger partial charge in [0.1, 0.15) is 0 Å². The van der Waals surface area contributed by atoms with Crippen LogP contribution in [0, 0.1) is 0 Å². The minimum absolute atomic E-state index is 0.320. The summed E-state index contributed by atoms with van der Waals surface area (Å²) in [6.07, 6.45) is 1.37. The van der Waals surface area contributed by atoms with Crippen molar-refractivity contribution in [1.82, 2.24) is 4.90 Å². The van der Waals surface area contributed by atoms with Gasteiger partial charge >= 0.3 is 14.9 Å². The summed E-state index contributed by atoms with van der Waals surface area (Å²) in [7, 11) is 3.84. The highest BCUT2D eigenvalue weighted by atomic mass is 28.4. The van der Waals surface area contributed by atoms with Gasteiger partial charge in [-0.15, -0.1) is 0 Å². The van der Waals surface area contributed by atoms with Gasteiger partial charge in [-0.25, -0.2) is 4.79 Å². The second-order valence-corrected chi connectivity index (χ2v) is 6.55. The average Bonchev–Trinajstić information content (AvgIpc) is 2.36. The van der Waals surface area contributed by atoms with Crippen LogP contribution in [0.25, 0.3) is 0 Å². The van der Waals surface area contributed by atoms with E-state index in [4.69, 9.17) is 13.3 Å². The Morgan fingerprint density at radius 2 is 1.76 bits per heavy atom. The Morgan fingerprint density at radius 1 is 1.18 bits per heavy atom. The van der Waals surface area contributed by atoms with Gasteiger partial charge in [-0.1, -0.05) is 0 Å². The number of unbranched alkanes of at least 4 members (excludes halogenated alkanes) is 1. The topological polar surface area (TPSA) is 57.2 Å². The van der Waals surface area contributed by atoms with Gasteiger partial charge < -0.3 is 22.9 Å². The van der Waals surface area contributed by atoms with Crippen LogP contribution >= 0.6 is 0 Å². The molecule has 0 rings (SSSR count). The van der Waals surface area contributed by atoms with Crippen LogP contribution in [0.3, 0.4) is 0 Å². The summed E-state index contributed by atoms with van der Waals surface area (Å²) in [4.78, 5) is 12.6. The lowest BCUT2D eigenvalue weighted by atomic mass is 10.3. The van der Waals surface area contributed by atoms with Gasteiger partial charge in [-0.2, -0.15) is 0 Å². The molecule has 0 N–H and O–H groups in total. The summed E-state index contributed by atoms with van der Waals surface area (Å²) in [5.41, 5.74) is 0. The molecule has 0 aromatic heterocycles. The van der Waals surface area contributed by atoms with Crippen molar-refractivity contribution in [1.29, 1.82) is 0 Å². The van der Waals surface area contributed by atoms with Gasteiger partial charge in [0.15, 0.2) is 0 Å². The lowest BCUT2D eigenvalue weighted by molar-refractivity contribution is 0.101. The normalized spacial score (nSPS) is 11.4. The fourth-order valence-electron chi connectivity index (χ4n) is 1.16. The molecule has 0 aromatic carbocycles. The van der Waals surface area contributed by atoms with Crippen molar-refractivity contribution < 1.29 is 22.8 Å². The van der Waals surface area contributed by atoms with Crippen LogP contribution in [0.2, 0.25) is 6.55 Å². The number of methoxy groups -OCH3 is 1. The Bertz CT molecular complexity index is 223. The molecule has 0 heterocycles. The van der Waals surface area contributed by atoms with Crippen molar-refractivity contribution in [3.8, 4) is 0 Å². The Hall–Kier alpha value is -0.633. The SMILES string of the molecule is COC(=O)N(C)CCCCO[Si](C)(OC)OC. The lowest BCUT2D eigenvalue weighted by Gasteiger charge is -2.22. The fraction of sp³-hybridized carbons (Fsp3) is 0.900. The minimum atomic E-state index is -2.41. The highest BCUT2D eigenvalue weighted by molar-refractivity contribution is 6.59. The summed E-state index contributed by atoms with van der Waals surface area (Å²) in [5, 5.41) is 0. The zero-order valence-corrected chi connectivity index (χ0v) is 12.3. The van der Waals surface area contributed by atoms with Crippen LogP contribution in [0.4, 0.5) is 4.79 Å². The highest BCUT2D eigenvalue weighted by Crippen LogP contribution is 2.07. The second kappa shape index (κ2) is 8.46. The predicted octanol–water partition coefficient (Wildman–Crippen LogP) is 1.34. The zero-order chi connectivity index (χ0) is 13.3. The first-order valence-electron chi connectivity index (χ1n) is 5.52. The van der Waals surface area contributed by atoms with E-state index in [1.165, 1.54) is 12.0 Å². The molecule has 0 fully saturated rings. The Kier molecular flexibility index (Phi) is 8.14. The summed E-state index contributed by atoms with van der Waals surface area (Å²) >= 11 is 0. The molecule has 6 nitrogen and oxygen atoms in total. The van der Waals surface area contributed by atoms with Gasteiger partial charge in [0.25, 0.3) is 0 Å². The Morgan fingerprint density at radius 3 is 2.24 bits per heavy atom. The molecule has 0 aromatic rings. The molecule has 0 radical (unpaired) electrons. The molecule has 0 aliphatic rings. The fourth-order valence-corrected chi connectivity index (χ4v) is 2.07. The Balaban J connectivity index is 3.62. The Labute approximate surface area is 104 Å². The monoisotopic (exact) mass is 265 g/mol. The number of carbonyl (C=O) groups excluding carboxylic acids is 1. The van der Waals surface area contributed by atoms with Gasteiger partial charge in [0.05, 0.1) is 7.11 Å². The molecule has 102 valence electrons. The number of amides is 1. The van der Waals surface area contributed by atoms with Gasteiger partial charge in [-0.3, -0.25) is 0 Å². The van der Waals surface area contributed by atoms with Gasteiger partial charge in [0.2, 0.25) is 0 Å². The predicted molar refractivity (Wildman–Crippen MR) is 65.9 cm³/mol. The molecule has 0 atom stereocenters. The van der Waals surface area contributed by atoms with Crippen LogP contribution in [0.1, 0.15) is 12.8 Å². The number of hydrogen-bond donors (Lipinski definition) is 0. The molecule has 0 aliphatic heterocycles. The van der Waals surface area contributed by atoms with E-state index in [-0.39, 0.29) is 6.09 Å². The maximum Gasteiger partial charge on any atom is 0.497 e. The number of carbonyl (C=O) groups is 1. The van der Waals surface area contributed by atoms with E-state index in [0.29, 0.717) is 13.2 Å². The van der Waals surface area contributed by atoms with Crippen molar-refractivity contribution in [2.75, 3.05) is 41.5 Å². The van der Waals surface area contributed by atoms with E-state index in [0.717, 1.165) is 12.8 Å². The molecule has 1 amide bonds. The van der Waals surface area contributed by atoms with E-state index in [1.807, 2.05) is 6.55 Å². The quantitative estimate of drug-likeness (QED) is 0.490. The van der Waals surface area contributed by atoms with Crippen molar-refractivity contribution >= 4 is 14.9 Å². The van der Waals surface area contributed by atoms with Crippen molar-refractivity contribution in [3.63, 3.8) is 0 Å². The van der Waals surface area contributed by atoms with Crippen molar-refractivity contribution in [3.05, 3.63) is 0 Å². The minimum Gasteiger partial charge on any atom is -0.453 e. The van der Waals surface area contributed by atoms with Crippen molar-refractivity contribution in [2.45, 2.75) is 19.4 Å². The van der Waals surface area contributed by atoms with Gasteiger partial charge in [-0.05, 0) is 12.8 Å². The smallest absolute Gasteiger partial charge is 0.453 e. The molecule has 17 heavy (non-hydrogen) atoms. The third-order valence-electron chi connectivity index (χ3n) is 2.48. The standard InChI is InChI=1S/C10H23NO5Si/c1-11(10(12)13-2)8-6-7-9-16-17(5,14-3)15-4/h6-9H2,1-5H3. The molecular formula is C10H23NO5Si. The first-order valence-corrected chi connectivity index (χ1v) is 7.75. The van der Waals surface area contributed by atoms with Crippen LogP contribution in [0.15, 0.2) is 0 Å². The summed E-state index contributed by atoms with van der Waals surface area (Å²) in [5.74, 6) is 0. The first-order chi connectivity index (χ1) is 7.99. The lowest BCUT2D eigenvalue weighted by Crippen LogP contribution is -2.40. The number of nitrogens with zero attached hydrogens (tertiary/aromatic N) is 1. The highest BCUT2D eigenvalue weighted by Gasteiger charge is 2.31. The molecule has 0 saturated carbocycles. The molecule has 0 saturated heterocycles.